The molecule has 1 N–H and O–H groups in total. The lowest BCUT2D eigenvalue weighted by Gasteiger charge is -2.48. The highest BCUT2D eigenvalue weighted by Gasteiger charge is 2.38. The van der Waals surface area contributed by atoms with Crippen molar-refractivity contribution in [3.8, 4) is 5.75 Å². The van der Waals surface area contributed by atoms with E-state index in [1.54, 1.807) is 31.2 Å². The fraction of sp³-hybridized carbons (Fsp3) is 0.667. The summed E-state index contributed by atoms with van der Waals surface area (Å²) in [6.07, 6.45) is 9.63. The van der Waals surface area contributed by atoms with E-state index in [9.17, 15) is 4.79 Å². The molecule has 1 aliphatic carbocycles. The molecule has 1 heterocycles. The maximum atomic E-state index is 12.6. The second-order valence-corrected chi connectivity index (χ2v) is 8.20. The lowest BCUT2D eigenvalue weighted by Crippen LogP contribution is -2.58. The van der Waals surface area contributed by atoms with Gasteiger partial charge >= 0.3 is 0 Å². The Balaban J connectivity index is 1.57. The molecule has 144 valence electrons. The summed E-state index contributed by atoms with van der Waals surface area (Å²) in [5.74, 6) is 0.627. The quantitative estimate of drug-likeness (QED) is 0.797. The van der Waals surface area contributed by atoms with Gasteiger partial charge in [-0.15, -0.1) is 0 Å². The number of nitrogens with one attached hydrogen (secondary N) is 1. The summed E-state index contributed by atoms with van der Waals surface area (Å²) in [5.41, 5.74) is 0.147. The molecule has 4 nitrogen and oxygen atoms in total. The zero-order valence-corrected chi connectivity index (χ0v) is 16.6. The molecule has 0 spiro atoms. The van der Waals surface area contributed by atoms with Crippen molar-refractivity contribution in [1.82, 2.24) is 10.2 Å². The molecule has 3 rings (SSSR count). The van der Waals surface area contributed by atoms with Crippen LogP contribution < -0.4 is 10.1 Å². The second-order valence-electron chi connectivity index (χ2n) is 7.76. The van der Waals surface area contributed by atoms with Gasteiger partial charge < -0.3 is 10.1 Å². The molecule has 0 unspecified atom stereocenters. The maximum absolute atomic E-state index is 12.6. The topological polar surface area (TPSA) is 41.6 Å². The van der Waals surface area contributed by atoms with Gasteiger partial charge in [0.25, 0.3) is 5.91 Å². The van der Waals surface area contributed by atoms with Gasteiger partial charge in [-0.2, -0.15) is 0 Å². The number of ether oxygens (including phenoxy) is 1. The average Bonchev–Trinajstić information content (AvgIpc) is 2.69. The smallest absolute Gasteiger partial charge is 0.260 e. The van der Waals surface area contributed by atoms with Gasteiger partial charge in [-0.05, 0) is 70.0 Å². The largest absolute Gasteiger partial charge is 0.481 e. The van der Waals surface area contributed by atoms with Crippen LogP contribution in [0.1, 0.15) is 58.3 Å². The Morgan fingerprint density at radius 3 is 2.38 bits per heavy atom. The summed E-state index contributed by atoms with van der Waals surface area (Å²) in [6.45, 7) is 4.89. The summed E-state index contributed by atoms with van der Waals surface area (Å²) in [4.78, 5) is 15.3. The number of hydrogen-bond donors (Lipinski definition) is 1. The first-order chi connectivity index (χ1) is 12.6. The summed E-state index contributed by atoms with van der Waals surface area (Å²) in [5, 5.41) is 3.85. The second kappa shape index (κ2) is 9.09. The van der Waals surface area contributed by atoms with E-state index in [2.05, 4.69) is 10.2 Å². The van der Waals surface area contributed by atoms with E-state index in [1.165, 1.54) is 64.5 Å². The Morgan fingerprint density at radius 1 is 1.12 bits per heavy atom. The van der Waals surface area contributed by atoms with Crippen molar-refractivity contribution >= 4 is 17.5 Å². The molecule has 1 atom stereocenters. The third-order valence-electron chi connectivity index (χ3n) is 5.90. The van der Waals surface area contributed by atoms with Crippen molar-refractivity contribution in [3.63, 3.8) is 0 Å². The van der Waals surface area contributed by atoms with Crippen LogP contribution >= 0.6 is 11.6 Å². The number of carbonyl (C=O) groups is 1. The van der Waals surface area contributed by atoms with E-state index < -0.39 is 6.10 Å². The Labute approximate surface area is 162 Å². The summed E-state index contributed by atoms with van der Waals surface area (Å²) < 4.78 is 5.77. The number of hydrogen-bond acceptors (Lipinski definition) is 3. The molecule has 1 aliphatic heterocycles. The Morgan fingerprint density at radius 2 is 1.73 bits per heavy atom. The minimum Gasteiger partial charge on any atom is -0.481 e. The van der Waals surface area contributed by atoms with E-state index in [-0.39, 0.29) is 11.4 Å². The van der Waals surface area contributed by atoms with Gasteiger partial charge in [0.2, 0.25) is 0 Å². The third kappa shape index (κ3) is 4.92. The van der Waals surface area contributed by atoms with Crippen LogP contribution in [-0.2, 0) is 4.79 Å². The maximum Gasteiger partial charge on any atom is 0.260 e. The molecule has 1 saturated heterocycles. The summed E-state index contributed by atoms with van der Waals surface area (Å²) in [6, 6.07) is 7.13. The van der Waals surface area contributed by atoms with Gasteiger partial charge in [0.1, 0.15) is 5.75 Å². The third-order valence-corrected chi connectivity index (χ3v) is 6.15. The van der Waals surface area contributed by atoms with Crippen LogP contribution in [0.3, 0.4) is 0 Å². The van der Waals surface area contributed by atoms with Gasteiger partial charge in [-0.1, -0.05) is 37.3 Å². The molecule has 1 aromatic carbocycles. The molecule has 0 bridgehead atoms. The number of nitrogens with zero attached hydrogens (tertiary/aromatic N) is 1. The number of piperidine rings is 1. The summed E-state index contributed by atoms with van der Waals surface area (Å²) >= 11 is 5.90. The number of likely N-dealkylation sites (tertiary alicyclic amines) is 1. The predicted octanol–water partition coefficient (Wildman–Crippen LogP) is 4.41. The molecule has 1 amide bonds. The predicted molar refractivity (Wildman–Crippen MR) is 106 cm³/mol. The van der Waals surface area contributed by atoms with Crippen molar-refractivity contribution in [3.05, 3.63) is 29.3 Å². The van der Waals surface area contributed by atoms with Crippen LogP contribution in [-0.4, -0.2) is 42.1 Å². The minimum absolute atomic E-state index is 0.0399. The molecule has 2 aliphatic rings. The standard InChI is InChI=1S/C21H31ClN2O2/c1-17(26-19-10-8-18(22)9-11-19)20(25)23-16-21(12-4-2-5-13-21)24-14-6-3-7-15-24/h8-11,17H,2-7,12-16H2,1H3,(H,23,25)/t17-/m0/s1. The molecular weight excluding hydrogens is 348 g/mol. The fourth-order valence-corrected chi connectivity index (χ4v) is 4.48. The first kappa shape index (κ1) is 19.5. The van der Waals surface area contributed by atoms with Crippen LogP contribution in [0.5, 0.6) is 5.75 Å². The average molecular weight is 379 g/mol. The van der Waals surface area contributed by atoms with E-state index in [0.717, 1.165) is 6.54 Å². The van der Waals surface area contributed by atoms with Gasteiger partial charge in [-0.3, -0.25) is 9.69 Å². The van der Waals surface area contributed by atoms with E-state index in [4.69, 9.17) is 16.3 Å². The highest BCUT2D eigenvalue weighted by Crippen LogP contribution is 2.35. The first-order valence-corrected chi connectivity index (χ1v) is 10.4. The highest BCUT2D eigenvalue weighted by molar-refractivity contribution is 6.30. The molecule has 0 radical (unpaired) electrons. The van der Waals surface area contributed by atoms with Crippen molar-refractivity contribution in [1.29, 1.82) is 0 Å². The Bertz CT molecular complexity index is 578. The zero-order valence-electron chi connectivity index (χ0n) is 15.8. The Hall–Kier alpha value is -1.26. The van der Waals surface area contributed by atoms with E-state index in [0.29, 0.717) is 10.8 Å². The molecular formula is C21H31ClN2O2. The van der Waals surface area contributed by atoms with Crippen LogP contribution in [0.15, 0.2) is 24.3 Å². The normalized spacial score (nSPS) is 21.8. The van der Waals surface area contributed by atoms with Crippen molar-refractivity contribution < 1.29 is 9.53 Å². The minimum atomic E-state index is -0.516. The lowest BCUT2D eigenvalue weighted by atomic mass is 9.79. The lowest BCUT2D eigenvalue weighted by molar-refractivity contribution is -0.128. The van der Waals surface area contributed by atoms with Gasteiger partial charge in [0.15, 0.2) is 6.10 Å². The molecule has 2 fully saturated rings. The van der Waals surface area contributed by atoms with Crippen LogP contribution in [0.25, 0.3) is 0 Å². The van der Waals surface area contributed by atoms with Crippen molar-refractivity contribution in [2.45, 2.75) is 69.9 Å². The number of halogens is 1. The number of benzene rings is 1. The number of rotatable bonds is 6. The van der Waals surface area contributed by atoms with Gasteiger partial charge in [0, 0.05) is 17.1 Å². The van der Waals surface area contributed by atoms with Crippen molar-refractivity contribution in [2.75, 3.05) is 19.6 Å². The zero-order chi connectivity index (χ0) is 18.4. The fourth-order valence-electron chi connectivity index (χ4n) is 4.35. The van der Waals surface area contributed by atoms with Crippen molar-refractivity contribution in [2.24, 2.45) is 0 Å². The summed E-state index contributed by atoms with van der Waals surface area (Å²) in [7, 11) is 0. The van der Waals surface area contributed by atoms with E-state index in [1.807, 2.05) is 0 Å². The van der Waals surface area contributed by atoms with Crippen LogP contribution in [0.4, 0.5) is 0 Å². The van der Waals surface area contributed by atoms with Crippen LogP contribution in [0, 0.1) is 0 Å². The number of carbonyl (C=O) groups excluding carboxylic acids is 1. The van der Waals surface area contributed by atoms with E-state index >= 15 is 0 Å². The molecule has 1 saturated carbocycles. The van der Waals surface area contributed by atoms with Gasteiger partial charge in [0.05, 0.1) is 0 Å². The number of amides is 1. The molecule has 26 heavy (non-hydrogen) atoms. The SMILES string of the molecule is C[C@H](Oc1ccc(Cl)cc1)C(=O)NCC1(N2CCCCC2)CCCCC1. The monoisotopic (exact) mass is 378 g/mol. The van der Waals surface area contributed by atoms with Crippen LogP contribution in [0.2, 0.25) is 5.02 Å². The molecule has 0 aromatic heterocycles. The first-order valence-electron chi connectivity index (χ1n) is 10.0. The molecule has 1 aromatic rings. The highest BCUT2D eigenvalue weighted by atomic mass is 35.5. The van der Waals surface area contributed by atoms with Gasteiger partial charge in [-0.25, -0.2) is 0 Å². The Kier molecular flexibility index (Phi) is 6.82. The molecule has 5 heteroatoms.